The van der Waals surface area contributed by atoms with Crippen molar-refractivity contribution in [1.29, 1.82) is 0 Å². The zero-order valence-corrected chi connectivity index (χ0v) is 13.3. The molecule has 1 fully saturated rings. The molecule has 5 heteroatoms. The van der Waals surface area contributed by atoms with E-state index in [-0.39, 0.29) is 23.9 Å². The summed E-state index contributed by atoms with van der Waals surface area (Å²) in [6.45, 7) is 1.24. The van der Waals surface area contributed by atoms with Crippen molar-refractivity contribution in [3.8, 4) is 0 Å². The van der Waals surface area contributed by atoms with Crippen LogP contribution in [0.25, 0.3) is 0 Å². The summed E-state index contributed by atoms with van der Waals surface area (Å²) in [5.74, 6) is -0.966. The average Bonchev–Trinajstić information content (AvgIpc) is 3.09. The van der Waals surface area contributed by atoms with Gasteiger partial charge in [0.15, 0.2) is 0 Å². The second-order valence-electron chi connectivity index (χ2n) is 5.98. The number of hydrogen-bond donors (Lipinski definition) is 0. The van der Waals surface area contributed by atoms with Gasteiger partial charge in [-0.2, -0.15) is 0 Å². The molecule has 3 nitrogen and oxygen atoms in total. The lowest BCUT2D eigenvalue weighted by atomic mass is 10.0. The monoisotopic (exact) mass is 331 g/mol. The molecule has 126 valence electrons. The van der Waals surface area contributed by atoms with Crippen LogP contribution in [0.2, 0.25) is 0 Å². The molecule has 0 N–H and O–H groups in total. The fourth-order valence-electron chi connectivity index (χ4n) is 2.87. The molecule has 0 spiro atoms. The van der Waals surface area contributed by atoms with Gasteiger partial charge in [-0.1, -0.05) is 18.2 Å². The highest BCUT2D eigenvalue weighted by Gasteiger charge is 2.24. The van der Waals surface area contributed by atoms with Crippen LogP contribution < -0.4 is 4.90 Å². The van der Waals surface area contributed by atoms with E-state index >= 15 is 0 Å². The number of carbonyl (C=O) groups is 1. The number of para-hydroxylation sites is 1. The first-order valence-electron chi connectivity index (χ1n) is 8.00. The summed E-state index contributed by atoms with van der Waals surface area (Å²) in [4.78, 5) is 14.3. The highest BCUT2D eigenvalue weighted by molar-refractivity contribution is 5.93. The Balaban J connectivity index is 1.84. The molecule has 3 rings (SSSR count). The molecule has 1 amide bonds. The number of benzene rings is 2. The van der Waals surface area contributed by atoms with Gasteiger partial charge in [0.05, 0.1) is 6.54 Å². The molecule has 1 aliphatic heterocycles. The first-order valence-corrected chi connectivity index (χ1v) is 8.00. The predicted molar refractivity (Wildman–Crippen MR) is 87.5 cm³/mol. The molecule has 0 radical (unpaired) electrons. The molecule has 0 aromatic heterocycles. The number of anilines is 1. The van der Waals surface area contributed by atoms with E-state index in [9.17, 15) is 13.6 Å². The van der Waals surface area contributed by atoms with Crippen molar-refractivity contribution in [1.82, 2.24) is 0 Å². The Morgan fingerprint density at radius 1 is 1.17 bits per heavy atom. The lowest BCUT2D eigenvalue weighted by Crippen LogP contribution is -2.32. The molecule has 0 unspecified atom stereocenters. The van der Waals surface area contributed by atoms with Crippen LogP contribution in [-0.2, 0) is 16.1 Å². The summed E-state index contributed by atoms with van der Waals surface area (Å²) >= 11 is 0. The lowest BCUT2D eigenvalue weighted by Gasteiger charge is -2.24. The van der Waals surface area contributed by atoms with Gasteiger partial charge in [-0.25, -0.2) is 8.78 Å². The molecule has 24 heavy (non-hydrogen) atoms. The van der Waals surface area contributed by atoms with Crippen LogP contribution in [0.5, 0.6) is 0 Å². The van der Waals surface area contributed by atoms with Crippen LogP contribution in [0.4, 0.5) is 14.5 Å². The number of ether oxygens (including phenoxy) is 1. The Bertz CT molecular complexity index is 700. The smallest absolute Gasteiger partial charge is 0.227 e. The van der Waals surface area contributed by atoms with Crippen LogP contribution in [0.15, 0.2) is 48.5 Å². The van der Waals surface area contributed by atoms with Gasteiger partial charge < -0.3 is 9.64 Å². The minimum Gasteiger partial charge on any atom is -0.381 e. The van der Waals surface area contributed by atoms with E-state index in [2.05, 4.69) is 0 Å². The molecule has 1 aliphatic rings. The standard InChI is InChI=1S/C19H19F2NO2/c20-16-6-7-18(21)15(11-16)12-22(17-4-2-1-3-5-17)19(23)10-14-8-9-24-13-14/h1-7,11,14H,8-10,12-13H2/t14-/m1/s1. The third-order valence-corrected chi connectivity index (χ3v) is 4.19. The fourth-order valence-corrected chi connectivity index (χ4v) is 2.87. The Hall–Kier alpha value is -2.27. The Labute approximate surface area is 139 Å². The van der Waals surface area contributed by atoms with Gasteiger partial charge in [-0.05, 0) is 42.7 Å². The van der Waals surface area contributed by atoms with Gasteiger partial charge in [0, 0.05) is 30.9 Å². The second-order valence-corrected chi connectivity index (χ2v) is 5.98. The normalized spacial score (nSPS) is 17.0. The van der Waals surface area contributed by atoms with Gasteiger partial charge in [-0.3, -0.25) is 4.79 Å². The predicted octanol–water partition coefficient (Wildman–Crippen LogP) is 3.92. The second kappa shape index (κ2) is 7.53. The van der Waals surface area contributed by atoms with Crippen LogP contribution in [0, 0.1) is 17.6 Å². The Kier molecular flexibility index (Phi) is 5.20. The number of halogens is 2. The van der Waals surface area contributed by atoms with E-state index in [0.29, 0.717) is 25.3 Å². The zero-order valence-electron chi connectivity index (χ0n) is 13.3. The highest BCUT2D eigenvalue weighted by Crippen LogP contribution is 2.24. The molecule has 0 saturated carbocycles. The quantitative estimate of drug-likeness (QED) is 0.831. The van der Waals surface area contributed by atoms with Crippen LogP contribution >= 0.6 is 0 Å². The zero-order chi connectivity index (χ0) is 16.9. The maximum atomic E-state index is 14.0. The topological polar surface area (TPSA) is 29.5 Å². The summed E-state index contributed by atoms with van der Waals surface area (Å²) in [6.07, 6.45) is 1.19. The van der Waals surface area contributed by atoms with Gasteiger partial charge >= 0.3 is 0 Å². The maximum absolute atomic E-state index is 14.0. The van der Waals surface area contributed by atoms with Crippen molar-refractivity contribution >= 4 is 11.6 Å². The molecule has 0 bridgehead atoms. The van der Waals surface area contributed by atoms with Crippen molar-refractivity contribution in [2.75, 3.05) is 18.1 Å². The minimum absolute atomic E-state index is 0.0000170. The van der Waals surface area contributed by atoms with Crippen molar-refractivity contribution < 1.29 is 18.3 Å². The molecule has 1 atom stereocenters. The Morgan fingerprint density at radius 3 is 2.67 bits per heavy atom. The van der Waals surface area contributed by atoms with Gasteiger partial charge in [0.2, 0.25) is 5.91 Å². The molecule has 2 aromatic rings. The lowest BCUT2D eigenvalue weighted by molar-refractivity contribution is -0.119. The fraction of sp³-hybridized carbons (Fsp3) is 0.316. The minimum atomic E-state index is -0.519. The van der Waals surface area contributed by atoms with E-state index < -0.39 is 11.6 Å². The molecule has 1 saturated heterocycles. The summed E-state index contributed by atoms with van der Waals surface area (Å²) < 4.78 is 32.7. The van der Waals surface area contributed by atoms with Crippen molar-refractivity contribution in [2.45, 2.75) is 19.4 Å². The molecule has 1 heterocycles. The van der Waals surface area contributed by atoms with Crippen LogP contribution in [-0.4, -0.2) is 19.1 Å². The number of amides is 1. The van der Waals surface area contributed by atoms with E-state index in [4.69, 9.17) is 4.74 Å². The molecule has 0 aliphatic carbocycles. The van der Waals surface area contributed by atoms with Crippen molar-refractivity contribution in [3.05, 3.63) is 65.7 Å². The van der Waals surface area contributed by atoms with E-state index in [1.54, 1.807) is 12.1 Å². The molecular formula is C19H19F2NO2. The van der Waals surface area contributed by atoms with E-state index in [1.807, 2.05) is 18.2 Å². The largest absolute Gasteiger partial charge is 0.381 e. The van der Waals surface area contributed by atoms with Crippen LogP contribution in [0.3, 0.4) is 0 Å². The molecular weight excluding hydrogens is 312 g/mol. The first kappa shape index (κ1) is 16.6. The maximum Gasteiger partial charge on any atom is 0.227 e. The Morgan fingerprint density at radius 2 is 1.96 bits per heavy atom. The van der Waals surface area contributed by atoms with E-state index in [1.165, 1.54) is 4.90 Å². The summed E-state index contributed by atoms with van der Waals surface area (Å²) in [7, 11) is 0. The van der Waals surface area contributed by atoms with Crippen molar-refractivity contribution in [3.63, 3.8) is 0 Å². The number of hydrogen-bond acceptors (Lipinski definition) is 2. The SMILES string of the molecule is O=C(C[C@H]1CCOC1)N(Cc1cc(F)ccc1F)c1ccccc1. The highest BCUT2D eigenvalue weighted by atomic mass is 19.1. The number of nitrogens with zero attached hydrogens (tertiary/aromatic N) is 1. The van der Waals surface area contributed by atoms with Crippen molar-refractivity contribution in [2.24, 2.45) is 5.92 Å². The average molecular weight is 331 g/mol. The summed E-state index contributed by atoms with van der Waals surface area (Å²) in [5, 5.41) is 0. The molecule has 2 aromatic carbocycles. The third kappa shape index (κ3) is 3.97. The van der Waals surface area contributed by atoms with E-state index in [0.717, 1.165) is 24.6 Å². The van der Waals surface area contributed by atoms with Gasteiger partial charge in [-0.15, -0.1) is 0 Å². The summed E-state index contributed by atoms with van der Waals surface area (Å²) in [6, 6.07) is 12.4. The first-order chi connectivity index (χ1) is 11.6. The van der Waals surface area contributed by atoms with Crippen LogP contribution in [0.1, 0.15) is 18.4 Å². The number of carbonyl (C=O) groups excluding carboxylic acids is 1. The van der Waals surface area contributed by atoms with Gasteiger partial charge in [0.25, 0.3) is 0 Å². The number of rotatable bonds is 5. The third-order valence-electron chi connectivity index (χ3n) is 4.19. The van der Waals surface area contributed by atoms with Gasteiger partial charge in [0.1, 0.15) is 11.6 Å². The summed E-state index contributed by atoms with van der Waals surface area (Å²) in [5.41, 5.74) is 0.833.